The van der Waals surface area contributed by atoms with Crippen molar-refractivity contribution >= 4 is 5.82 Å². The largest absolute Gasteiger partial charge is 0.390 e. The molecule has 1 aromatic heterocycles. The van der Waals surface area contributed by atoms with Crippen molar-refractivity contribution in [2.75, 3.05) is 20.6 Å². The van der Waals surface area contributed by atoms with Crippen LogP contribution in [0.3, 0.4) is 0 Å². The first-order valence-electron chi connectivity index (χ1n) is 6.48. The van der Waals surface area contributed by atoms with Gasteiger partial charge in [-0.05, 0) is 15.3 Å². The summed E-state index contributed by atoms with van der Waals surface area (Å²) in [5.74, 6) is -0.0236. The van der Waals surface area contributed by atoms with Crippen molar-refractivity contribution in [2.45, 2.75) is 33.7 Å². The summed E-state index contributed by atoms with van der Waals surface area (Å²) in [6.45, 7) is 8.22. The van der Waals surface area contributed by atoms with Crippen LogP contribution in [0.15, 0.2) is 6.33 Å². The summed E-state index contributed by atoms with van der Waals surface area (Å²) in [5, 5.41) is 11.0. The first kappa shape index (κ1) is 15.6. The summed E-state index contributed by atoms with van der Waals surface area (Å²) < 4.78 is 2.47. The number of aryl methyl sites for hydroxylation is 1. The zero-order valence-electron chi connectivity index (χ0n) is 12.8. The summed E-state index contributed by atoms with van der Waals surface area (Å²) in [5.41, 5.74) is 0.956. The van der Waals surface area contributed by atoms with E-state index in [2.05, 4.69) is 39.9 Å². The molecule has 6 nitrogen and oxygen atoms in total. The Labute approximate surface area is 114 Å². The second-order valence-electron chi connectivity index (χ2n) is 7.01. The second kappa shape index (κ2) is 5.28. The number of hydrogen-bond acceptors (Lipinski definition) is 3. The lowest BCUT2D eigenvalue weighted by atomic mass is 9.92. The van der Waals surface area contributed by atoms with Crippen molar-refractivity contribution < 1.29 is 9.41 Å². The minimum Gasteiger partial charge on any atom is -0.358 e. The molecule has 0 bridgehead atoms. The van der Waals surface area contributed by atoms with Crippen LogP contribution in [0, 0.1) is 15.5 Å². The lowest BCUT2D eigenvalue weighted by molar-refractivity contribution is -0.905. The van der Waals surface area contributed by atoms with Crippen LogP contribution < -0.4 is 0 Å². The Kier molecular flexibility index (Phi) is 4.35. The minimum absolute atomic E-state index is 0.0236. The molecule has 0 saturated carbocycles. The fraction of sp³-hybridized carbons (Fsp3) is 0.769. The van der Waals surface area contributed by atoms with Gasteiger partial charge in [0.2, 0.25) is 6.33 Å². The fourth-order valence-corrected chi connectivity index (χ4v) is 1.90. The topological polar surface area (TPSA) is 61.0 Å². The van der Waals surface area contributed by atoms with Gasteiger partial charge < -0.3 is 19.2 Å². The predicted molar refractivity (Wildman–Crippen MR) is 74.6 cm³/mol. The van der Waals surface area contributed by atoms with Crippen LogP contribution in [0.5, 0.6) is 0 Å². The van der Waals surface area contributed by atoms with E-state index in [0.29, 0.717) is 12.2 Å². The lowest BCUT2D eigenvalue weighted by Gasteiger charge is -2.32. The maximum atomic E-state index is 11.0. The summed E-state index contributed by atoms with van der Waals surface area (Å²) in [7, 11) is 6.00. The molecule has 0 atom stereocenters. The lowest BCUT2D eigenvalue weighted by Crippen LogP contribution is -2.41. The van der Waals surface area contributed by atoms with E-state index in [-0.39, 0.29) is 11.2 Å². The highest BCUT2D eigenvalue weighted by Crippen LogP contribution is 2.23. The van der Waals surface area contributed by atoms with Gasteiger partial charge in [-0.25, -0.2) is 0 Å². The quantitative estimate of drug-likeness (QED) is 0.468. The molecule has 108 valence electrons. The van der Waals surface area contributed by atoms with Gasteiger partial charge in [-0.3, -0.25) is 0 Å². The second-order valence-corrected chi connectivity index (χ2v) is 7.01. The van der Waals surface area contributed by atoms with Crippen molar-refractivity contribution in [3.05, 3.63) is 22.1 Å². The summed E-state index contributed by atoms with van der Waals surface area (Å²) in [6, 6.07) is 0. The third-order valence-electron chi connectivity index (χ3n) is 3.25. The molecule has 6 heteroatoms. The standard InChI is InChI=1S/C13H25N4O2/c1-13(2,3)7-8-17(5,6)9-11-12(16(18)19)14-10-15(11)4/h10H,7-9H2,1-6H3/q+1. The van der Waals surface area contributed by atoms with Crippen LogP contribution in [-0.2, 0) is 13.6 Å². The SMILES string of the molecule is Cn1cnc([N+](=O)[O-])c1C[N+](C)(C)CCC(C)(C)C. The third-order valence-corrected chi connectivity index (χ3v) is 3.25. The Morgan fingerprint density at radius 1 is 1.42 bits per heavy atom. The molecule has 0 amide bonds. The molecule has 0 aliphatic carbocycles. The van der Waals surface area contributed by atoms with Gasteiger partial charge in [-0.15, -0.1) is 0 Å². The van der Waals surface area contributed by atoms with Crippen LogP contribution in [0.4, 0.5) is 5.82 Å². The molecule has 1 heterocycles. The Morgan fingerprint density at radius 3 is 2.47 bits per heavy atom. The Hall–Kier alpha value is -1.43. The molecule has 1 rings (SSSR count). The van der Waals surface area contributed by atoms with Crippen LogP contribution in [0.2, 0.25) is 0 Å². The number of imidazole rings is 1. The highest BCUT2D eigenvalue weighted by Gasteiger charge is 2.28. The van der Waals surface area contributed by atoms with E-state index >= 15 is 0 Å². The van der Waals surface area contributed by atoms with Crippen molar-refractivity contribution in [3.63, 3.8) is 0 Å². The number of hydrogen-bond donors (Lipinski definition) is 0. The summed E-state index contributed by atoms with van der Waals surface area (Å²) >= 11 is 0. The van der Waals surface area contributed by atoms with Gasteiger partial charge in [0, 0.05) is 13.5 Å². The monoisotopic (exact) mass is 269 g/mol. The predicted octanol–water partition coefficient (Wildman–Crippen LogP) is 2.34. The van der Waals surface area contributed by atoms with E-state index in [1.54, 1.807) is 11.6 Å². The summed E-state index contributed by atoms with van der Waals surface area (Å²) in [6.07, 6.45) is 2.59. The van der Waals surface area contributed by atoms with Gasteiger partial charge >= 0.3 is 5.82 Å². The number of aromatic nitrogens is 2. The molecular formula is C13H25N4O2+. The van der Waals surface area contributed by atoms with Crippen LogP contribution in [-0.4, -0.2) is 39.6 Å². The van der Waals surface area contributed by atoms with Crippen molar-refractivity contribution in [1.29, 1.82) is 0 Å². The Balaban J connectivity index is 2.83. The molecule has 0 spiro atoms. The number of nitro groups is 1. The molecule has 0 saturated heterocycles. The Morgan fingerprint density at radius 2 is 2.00 bits per heavy atom. The number of rotatable bonds is 5. The molecule has 0 aliphatic heterocycles. The van der Waals surface area contributed by atoms with Crippen LogP contribution in [0.25, 0.3) is 0 Å². The smallest absolute Gasteiger partial charge is 0.358 e. The Bertz CT molecular complexity index is 458. The van der Waals surface area contributed by atoms with E-state index in [0.717, 1.165) is 17.4 Å². The van der Waals surface area contributed by atoms with Gasteiger partial charge in [0.15, 0.2) is 5.69 Å². The number of quaternary nitrogens is 1. The maximum absolute atomic E-state index is 11.0. The third kappa shape index (κ3) is 4.63. The van der Waals surface area contributed by atoms with Crippen LogP contribution in [0.1, 0.15) is 32.9 Å². The molecular weight excluding hydrogens is 244 g/mol. The summed E-state index contributed by atoms with van der Waals surface area (Å²) in [4.78, 5) is 14.4. The van der Waals surface area contributed by atoms with Crippen molar-refractivity contribution in [2.24, 2.45) is 12.5 Å². The maximum Gasteiger partial charge on any atom is 0.390 e. The zero-order valence-corrected chi connectivity index (χ0v) is 12.8. The highest BCUT2D eigenvalue weighted by atomic mass is 16.6. The van der Waals surface area contributed by atoms with E-state index < -0.39 is 4.92 Å². The molecule has 0 radical (unpaired) electrons. The molecule has 0 N–H and O–H groups in total. The van der Waals surface area contributed by atoms with Gasteiger partial charge in [-0.2, -0.15) is 0 Å². The van der Waals surface area contributed by atoms with Gasteiger partial charge in [0.1, 0.15) is 6.54 Å². The minimum atomic E-state index is -0.404. The molecule has 0 fully saturated rings. The first-order chi connectivity index (χ1) is 8.52. The van der Waals surface area contributed by atoms with Gasteiger partial charge in [0.05, 0.1) is 20.6 Å². The average Bonchev–Trinajstić information content (AvgIpc) is 2.57. The average molecular weight is 269 g/mol. The molecule has 0 aromatic carbocycles. The van der Waals surface area contributed by atoms with Gasteiger partial charge in [0.25, 0.3) is 0 Å². The fourth-order valence-electron chi connectivity index (χ4n) is 1.90. The van der Waals surface area contributed by atoms with E-state index in [9.17, 15) is 10.1 Å². The van der Waals surface area contributed by atoms with E-state index in [4.69, 9.17) is 0 Å². The highest BCUT2D eigenvalue weighted by molar-refractivity contribution is 5.26. The zero-order chi connectivity index (χ0) is 14.8. The van der Waals surface area contributed by atoms with Gasteiger partial charge in [-0.1, -0.05) is 20.8 Å². The van der Waals surface area contributed by atoms with Crippen molar-refractivity contribution in [3.8, 4) is 0 Å². The van der Waals surface area contributed by atoms with Crippen LogP contribution >= 0.6 is 0 Å². The molecule has 0 aliphatic rings. The number of nitrogens with zero attached hydrogens (tertiary/aromatic N) is 4. The van der Waals surface area contributed by atoms with E-state index in [1.807, 2.05) is 0 Å². The van der Waals surface area contributed by atoms with E-state index in [1.165, 1.54) is 6.33 Å². The molecule has 0 unspecified atom stereocenters. The molecule has 19 heavy (non-hydrogen) atoms. The first-order valence-corrected chi connectivity index (χ1v) is 6.48. The molecule has 1 aromatic rings. The van der Waals surface area contributed by atoms with Crippen molar-refractivity contribution in [1.82, 2.24) is 9.55 Å². The normalized spacial score (nSPS) is 12.7.